The fraction of sp³-hybridized carbons (Fsp3) is 0.435. The molecule has 148 valence electrons. The molecule has 0 bridgehead atoms. The van der Waals surface area contributed by atoms with Gasteiger partial charge in [0.25, 0.3) is 0 Å². The van der Waals surface area contributed by atoms with Crippen LogP contribution in [0.1, 0.15) is 28.4 Å². The quantitative estimate of drug-likeness (QED) is 0.742. The fourth-order valence-corrected chi connectivity index (χ4v) is 4.14. The zero-order chi connectivity index (χ0) is 19.5. The van der Waals surface area contributed by atoms with E-state index < -0.39 is 0 Å². The summed E-state index contributed by atoms with van der Waals surface area (Å²) in [4.78, 5) is 14.3. The summed E-state index contributed by atoms with van der Waals surface area (Å²) < 4.78 is 17.0. The van der Waals surface area contributed by atoms with Crippen molar-refractivity contribution in [2.75, 3.05) is 44.9 Å². The Hall–Kier alpha value is -2.53. The van der Waals surface area contributed by atoms with Gasteiger partial charge in [-0.05, 0) is 55.2 Å². The molecule has 2 heterocycles. The predicted octanol–water partition coefficient (Wildman–Crippen LogP) is 3.53. The summed E-state index contributed by atoms with van der Waals surface area (Å²) in [6, 6.07) is 12.2. The number of fused-ring (bicyclic) bond motifs is 1. The third-order valence-electron chi connectivity index (χ3n) is 5.60. The molecule has 2 aromatic rings. The van der Waals surface area contributed by atoms with Crippen molar-refractivity contribution in [1.29, 1.82) is 0 Å². The van der Waals surface area contributed by atoms with Gasteiger partial charge in [-0.2, -0.15) is 0 Å². The number of nitrogens with zero attached hydrogens (tertiary/aromatic N) is 1. The van der Waals surface area contributed by atoms with Crippen molar-refractivity contribution >= 4 is 11.5 Å². The summed E-state index contributed by atoms with van der Waals surface area (Å²) >= 11 is 0. The standard InChI is InChI=1S/C23H27NO4/c1-16(25)18-6-7-21(24-8-10-27-11-9-24)20(14-18)13-17-12-19-4-3-5-22(26-2)23(19)28-15-17/h3-7,14,17H,8-13,15H2,1-2H3. The van der Waals surface area contributed by atoms with Crippen LogP contribution < -0.4 is 14.4 Å². The molecular formula is C23H27NO4. The van der Waals surface area contributed by atoms with E-state index in [4.69, 9.17) is 14.2 Å². The molecule has 4 rings (SSSR count). The molecule has 0 radical (unpaired) electrons. The van der Waals surface area contributed by atoms with Crippen LogP contribution in [0.2, 0.25) is 0 Å². The Morgan fingerprint density at radius 2 is 2.04 bits per heavy atom. The number of carbonyl (C=O) groups excluding carboxylic acids is 1. The first-order chi connectivity index (χ1) is 13.7. The molecule has 0 amide bonds. The average Bonchev–Trinajstić information content (AvgIpc) is 2.73. The van der Waals surface area contributed by atoms with Gasteiger partial charge >= 0.3 is 0 Å². The second-order valence-corrected chi connectivity index (χ2v) is 7.53. The third kappa shape index (κ3) is 3.85. The molecule has 0 N–H and O–H groups in total. The molecule has 2 aliphatic rings. The predicted molar refractivity (Wildman–Crippen MR) is 109 cm³/mol. The van der Waals surface area contributed by atoms with Crippen molar-refractivity contribution in [2.24, 2.45) is 5.92 Å². The molecule has 0 spiro atoms. The molecule has 1 fully saturated rings. The van der Waals surface area contributed by atoms with Crippen LogP contribution in [0.25, 0.3) is 0 Å². The van der Waals surface area contributed by atoms with Crippen molar-refractivity contribution in [1.82, 2.24) is 0 Å². The monoisotopic (exact) mass is 381 g/mol. The summed E-state index contributed by atoms with van der Waals surface area (Å²) in [5.74, 6) is 2.13. The van der Waals surface area contributed by atoms with Crippen molar-refractivity contribution < 1.29 is 19.0 Å². The van der Waals surface area contributed by atoms with Crippen LogP contribution in [0.5, 0.6) is 11.5 Å². The Kier molecular flexibility index (Phi) is 5.53. The molecule has 5 nitrogen and oxygen atoms in total. The first-order valence-corrected chi connectivity index (χ1v) is 9.91. The van der Waals surface area contributed by atoms with Gasteiger partial charge in [0, 0.05) is 30.3 Å². The van der Waals surface area contributed by atoms with Crippen molar-refractivity contribution in [3.8, 4) is 11.5 Å². The molecule has 0 aromatic heterocycles. The lowest BCUT2D eigenvalue weighted by Gasteiger charge is -2.32. The highest BCUT2D eigenvalue weighted by Gasteiger charge is 2.25. The number of methoxy groups -OCH3 is 1. The minimum Gasteiger partial charge on any atom is -0.493 e. The van der Waals surface area contributed by atoms with Crippen LogP contribution in [-0.4, -0.2) is 45.8 Å². The lowest BCUT2D eigenvalue weighted by atomic mass is 9.89. The van der Waals surface area contributed by atoms with Gasteiger partial charge in [0.05, 0.1) is 26.9 Å². The Morgan fingerprint density at radius 3 is 2.79 bits per heavy atom. The van der Waals surface area contributed by atoms with Gasteiger partial charge < -0.3 is 19.1 Å². The number of rotatable bonds is 5. The summed E-state index contributed by atoms with van der Waals surface area (Å²) in [5.41, 5.74) is 4.39. The molecule has 0 aliphatic carbocycles. The SMILES string of the molecule is COc1cccc2c1OCC(Cc1cc(C(C)=O)ccc1N1CCOCC1)C2. The molecular weight excluding hydrogens is 354 g/mol. The first kappa shape index (κ1) is 18.8. The molecule has 5 heteroatoms. The lowest BCUT2D eigenvalue weighted by molar-refractivity contribution is 0.101. The largest absolute Gasteiger partial charge is 0.493 e. The summed E-state index contributed by atoms with van der Waals surface area (Å²) in [6.07, 6.45) is 1.82. The minimum atomic E-state index is 0.102. The van der Waals surface area contributed by atoms with E-state index in [9.17, 15) is 4.79 Å². The first-order valence-electron chi connectivity index (χ1n) is 9.91. The number of hydrogen-bond donors (Lipinski definition) is 0. The maximum Gasteiger partial charge on any atom is 0.164 e. The Balaban J connectivity index is 1.59. The van der Waals surface area contributed by atoms with Crippen LogP contribution in [-0.2, 0) is 17.6 Å². The number of Topliss-reactive ketones (excluding diaryl/α,β-unsaturated/α-hetero) is 1. The molecule has 2 aromatic carbocycles. The third-order valence-corrected chi connectivity index (χ3v) is 5.60. The molecule has 2 aliphatic heterocycles. The number of benzene rings is 2. The van der Waals surface area contributed by atoms with Gasteiger partial charge in [0.2, 0.25) is 0 Å². The van der Waals surface area contributed by atoms with Crippen molar-refractivity contribution in [2.45, 2.75) is 19.8 Å². The number of hydrogen-bond acceptors (Lipinski definition) is 5. The zero-order valence-electron chi connectivity index (χ0n) is 16.6. The van der Waals surface area contributed by atoms with E-state index in [2.05, 4.69) is 23.1 Å². The van der Waals surface area contributed by atoms with Crippen LogP contribution in [0.3, 0.4) is 0 Å². The zero-order valence-corrected chi connectivity index (χ0v) is 16.6. The van der Waals surface area contributed by atoms with E-state index in [1.807, 2.05) is 18.2 Å². The minimum absolute atomic E-state index is 0.102. The topological polar surface area (TPSA) is 48.0 Å². The van der Waals surface area contributed by atoms with E-state index in [0.717, 1.165) is 56.2 Å². The maximum atomic E-state index is 11.9. The van der Waals surface area contributed by atoms with Crippen LogP contribution in [0.15, 0.2) is 36.4 Å². The number of para-hydroxylation sites is 1. The second-order valence-electron chi connectivity index (χ2n) is 7.53. The van der Waals surface area contributed by atoms with Gasteiger partial charge in [0.1, 0.15) is 0 Å². The number of anilines is 1. The van der Waals surface area contributed by atoms with Gasteiger partial charge in [-0.15, -0.1) is 0 Å². The molecule has 1 unspecified atom stereocenters. The normalized spacial score (nSPS) is 18.9. The van der Waals surface area contributed by atoms with E-state index in [1.165, 1.54) is 16.8 Å². The highest BCUT2D eigenvalue weighted by atomic mass is 16.5. The fourth-order valence-electron chi connectivity index (χ4n) is 4.14. The molecule has 0 saturated carbocycles. The highest BCUT2D eigenvalue weighted by molar-refractivity contribution is 5.94. The van der Waals surface area contributed by atoms with Gasteiger partial charge in [0.15, 0.2) is 17.3 Å². The maximum absolute atomic E-state index is 11.9. The summed E-state index contributed by atoms with van der Waals surface area (Å²) in [7, 11) is 1.67. The van der Waals surface area contributed by atoms with Crippen LogP contribution in [0.4, 0.5) is 5.69 Å². The highest BCUT2D eigenvalue weighted by Crippen LogP contribution is 2.37. The smallest absolute Gasteiger partial charge is 0.164 e. The molecule has 1 atom stereocenters. The molecule has 1 saturated heterocycles. The second kappa shape index (κ2) is 8.23. The van der Waals surface area contributed by atoms with E-state index in [-0.39, 0.29) is 5.78 Å². The van der Waals surface area contributed by atoms with Crippen molar-refractivity contribution in [3.05, 3.63) is 53.1 Å². The molecule has 28 heavy (non-hydrogen) atoms. The number of ether oxygens (including phenoxy) is 3. The number of ketones is 1. The summed E-state index contributed by atoms with van der Waals surface area (Å²) in [6.45, 7) is 5.53. The van der Waals surface area contributed by atoms with Crippen molar-refractivity contribution in [3.63, 3.8) is 0 Å². The average molecular weight is 381 g/mol. The van der Waals surface area contributed by atoms with Gasteiger partial charge in [-0.25, -0.2) is 0 Å². The van der Waals surface area contributed by atoms with E-state index in [0.29, 0.717) is 12.5 Å². The number of carbonyl (C=O) groups is 1. The Labute approximate surface area is 166 Å². The van der Waals surface area contributed by atoms with E-state index >= 15 is 0 Å². The van der Waals surface area contributed by atoms with Gasteiger partial charge in [-0.1, -0.05) is 12.1 Å². The van der Waals surface area contributed by atoms with E-state index in [1.54, 1.807) is 14.0 Å². The number of morpholine rings is 1. The lowest BCUT2D eigenvalue weighted by Crippen LogP contribution is -2.37. The summed E-state index contributed by atoms with van der Waals surface area (Å²) in [5, 5.41) is 0. The van der Waals surface area contributed by atoms with Crippen LogP contribution >= 0.6 is 0 Å². The van der Waals surface area contributed by atoms with Crippen LogP contribution in [0, 0.1) is 5.92 Å². The van der Waals surface area contributed by atoms with Gasteiger partial charge in [-0.3, -0.25) is 4.79 Å². The Morgan fingerprint density at radius 1 is 1.21 bits per heavy atom. The Bertz CT molecular complexity index is 858.